The predicted octanol–water partition coefficient (Wildman–Crippen LogP) is 2.13. The van der Waals surface area contributed by atoms with Crippen LogP contribution in [0.25, 0.3) is 0 Å². The number of hydrogen-bond acceptors (Lipinski definition) is 5. The fourth-order valence-corrected chi connectivity index (χ4v) is 4.37. The molecule has 7 nitrogen and oxygen atoms in total. The van der Waals surface area contributed by atoms with E-state index in [1.54, 1.807) is 12.1 Å². The third-order valence-corrected chi connectivity index (χ3v) is 5.57. The minimum absolute atomic E-state index is 0. The molecule has 0 aromatic carbocycles. The number of nitrogens with zero attached hydrogens (tertiary/aromatic N) is 2. The van der Waals surface area contributed by atoms with Gasteiger partial charge in [0.25, 0.3) is 11.5 Å². The first kappa shape index (κ1) is 20.6. The molecule has 4 rings (SSSR count). The number of nitrogens with one attached hydrogen (secondary N) is 2. The maximum Gasteiger partial charge on any atom is 0.273 e. The number of piperidine rings is 1. The summed E-state index contributed by atoms with van der Waals surface area (Å²) in [5.74, 6) is 1.58. The summed E-state index contributed by atoms with van der Waals surface area (Å²) in [5, 5.41) is 10.3. The molecule has 1 saturated heterocycles. The lowest BCUT2D eigenvalue weighted by molar-refractivity contribution is 0.0923. The summed E-state index contributed by atoms with van der Waals surface area (Å²) in [5.41, 5.74) is 1.36. The number of pyridine rings is 1. The van der Waals surface area contributed by atoms with Gasteiger partial charge in [-0.25, -0.2) is 0 Å². The molecule has 0 aliphatic carbocycles. The number of rotatable bonds is 5. The van der Waals surface area contributed by atoms with Crippen molar-refractivity contribution in [3.8, 4) is 0 Å². The molecule has 2 aliphatic rings. The van der Waals surface area contributed by atoms with Crippen LogP contribution in [-0.2, 0) is 6.42 Å². The van der Waals surface area contributed by atoms with E-state index in [9.17, 15) is 9.59 Å². The van der Waals surface area contributed by atoms with Gasteiger partial charge in [-0.2, -0.15) is 0 Å². The van der Waals surface area contributed by atoms with Crippen molar-refractivity contribution < 1.29 is 9.32 Å². The second kappa shape index (κ2) is 8.49. The Kier molecular flexibility index (Phi) is 6.25. The maximum absolute atomic E-state index is 12.5. The van der Waals surface area contributed by atoms with Crippen molar-refractivity contribution in [2.45, 2.75) is 38.6 Å². The number of amides is 1. The van der Waals surface area contributed by atoms with Gasteiger partial charge in [-0.05, 0) is 24.3 Å². The molecule has 28 heavy (non-hydrogen) atoms. The minimum Gasteiger partial charge on any atom is -0.361 e. The van der Waals surface area contributed by atoms with E-state index in [0.29, 0.717) is 35.8 Å². The lowest BCUT2D eigenvalue weighted by Crippen LogP contribution is -2.50. The van der Waals surface area contributed by atoms with Crippen molar-refractivity contribution in [1.29, 1.82) is 0 Å². The molecule has 2 N–H and O–H groups in total. The molecule has 0 spiro atoms. The van der Waals surface area contributed by atoms with Crippen LogP contribution >= 0.6 is 12.4 Å². The highest BCUT2D eigenvalue weighted by Crippen LogP contribution is 2.38. The Hall–Kier alpha value is -2.12. The van der Waals surface area contributed by atoms with Gasteiger partial charge < -0.3 is 19.7 Å². The van der Waals surface area contributed by atoms with Gasteiger partial charge in [0.05, 0.1) is 6.04 Å². The molecule has 0 radical (unpaired) electrons. The summed E-state index contributed by atoms with van der Waals surface area (Å²) in [6.07, 6.45) is 1.79. The molecule has 1 amide bonds. The van der Waals surface area contributed by atoms with Gasteiger partial charge >= 0.3 is 0 Å². The summed E-state index contributed by atoms with van der Waals surface area (Å²) in [6.45, 7) is 6.34. The van der Waals surface area contributed by atoms with E-state index in [4.69, 9.17) is 4.52 Å². The van der Waals surface area contributed by atoms with Gasteiger partial charge in [0, 0.05) is 49.8 Å². The fourth-order valence-electron chi connectivity index (χ4n) is 4.37. The largest absolute Gasteiger partial charge is 0.361 e. The van der Waals surface area contributed by atoms with Crippen molar-refractivity contribution in [3.05, 3.63) is 51.8 Å². The number of carbonyl (C=O) groups excluding carboxylic acids is 1. The average molecular weight is 407 g/mol. The van der Waals surface area contributed by atoms with E-state index < -0.39 is 0 Å². The molecular weight excluding hydrogens is 380 g/mol. The van der Waals surface area contributed by atoms with Crippen LogP contribution < -0.4 is 16.2 Å². The molecule has 3 atom stereocenters. The smallest absolute Gasteiger partial charge is 0.273 e. The fraction of sp³-hybridized carbons (Fsp3) is 0.550. The molecule has 2 aromatic heterocycles. The molecule has 0 unspecified atom stereocenters. The number of halogens is 1. The van der Waals surface area contributed by atoms with Gasteiger partial charge in [0.15, 0.2) is 5.69 Å². The van der Waals surface area contributed by atoms with Gasteiger partial charge in [0.2, 0.25) is 0 Å². The summed E-state index contributed by atoms with van der Waals surface area (Å²) in [4.78, 5) is 25.0. The second-order valence-electron chi connectivity index (χ2n) is 8.06. The standard InChI is InChI=1S/C20H26N4O3.ClH/c1-12(2)6-15-8-16(23-27-15)20(26)22-11-18-14-7-13(9-21-10-14)17-4-3-5-19(25)24(17)18;/h3-5,8,12-14,18,21H,6-7,9-11H2,1-2H3,(H,22,26);1H/t13-,14+,18+;/m1./s1. The highest BCUT2D eigenvalue weighted by atomic mass is 35.5. The van der Waals surface area contributed by atoms with Crippen LogP contribution in [0.15, 0.2) is 33.6 Å². The van der Waals surface area contributed by atoms with Gasteiger partial charge in [0.1, 0.15) is 5.76 Å². The molecule has 152 valence electrons. The minimum atomic E-state index is -0.259. The zero-order valence-corrected chi connectivity index (χ0v) is 17.0. The van der Waals surface area contributed by atoms with Gasteiger partial charge in [-0.3, -0.25) is 9.59 Å². The van der Waals surface area contributed by atoms with Crippen LogP contribution in [0.4, 0.5) is 0 Å². The molecule has 2 aliphatic heterocycles. The predicted molar refractivity (Wildman–Crippen MR) is 108 cm³/mol. The van der Waals surface area contributed by atoms with E-state index in [0.717, 1.165) is 31.6 Å². The van der Waals surface area contributed by atoms with Crippen molar-refractivity contribution in [2.24, 2.45) is 11.8 Å². The lowest BCUT2D eigenvalue weighted by Gasteiger charge is -2.43. The Labute approximate surface area is 170 Å². The van der Waals surface area contributed by atoms with Crippen molar-refractivity contribution in [1.82, 2.24) is 20.4 Å². The first-order valence-corrected chi connectivity index (χ1v) is 9.69. The average Bonchev–Trinajstić information content (AvgIpc) is 3.10. The van der Waals surface area contributed by atoms with Crippen LogP contribution in [0.1, 0.15) is 54.2 Å². The van der Waals surface area contributed by atoms with E-state index >= 15 is 0 Å². The van der Waals surface area contributed by atoms with Gasteiger partial charge in [-0.15, -0.1) is 12.4 Å². The molecule has 2 aromatic rings. The molecule has 8 heteroatoms. The second-order valence-corrected chi connectivity index (χ2v) is 8.06. The first-order chi connectivity index (χ1) is 13.0. The summed E-state index contributed by atoms with van der Waals surface area (Å²) < 4.78 is 7.14. The Morgan fingerprint density at radius 2 is 2.21 bits per heavy atom. The number of aromatic nitrogens is 2. The Balaban J connectivity index is 0.00000225. The maximum atomic E-state index is 12.5. The summed E-state index contributed by atoms with van der Waals surface area (Å²) in [6, 6.07) is 7.10. The van der Waals surface area contributed by atoms with E-state index in [-0.39, 0.29) is 29.9 Å². The van der Waals surface area contributed by atoms with Crippen LogP contribution in [0.3, 0.4) is 0 Å². The van der Waals surface area contributed by atoms with Crippen molar-refractivity contribution in [3.63, 3.8) is 0 Å². The number of fused-ring (bicyclic) bond motifs is 4. The number of carbonyl (C=O) groups is 1. The molecular formula is C20H27ClN4O3. The molecule has 2 bridgehead atoms. The van der Waals surface area contributed by atoms with E-state index in [2.05, 4.69) is 29.6 Å². The van der Waals surface area contributed by atoms with Crippen LogP contribution in [0.5, 0.6) is 0 Å². The third-order valence-electron chi connectivity index (χ3n) is 5.57. The molecule has 0 saturated carbocycles. The zero-order chi connectivity index (χ0) is 19.0. The first-order valence-electron chi connectivity index (χ1n) is 9.69. The van der Waals surface area contributed by atoms with E-state index in [1.165, 1.54) is 0 Å². The zero-order valence-electron chi connectivity index (χ0n) is 16.2. The van der Waals surface area contributed by atoms with E-state index in [1.807, 2.05) is 16.7 Å². The van der Waals surface area contributed by atoms with Crippen LogP contribution in [0.2, 0.25) is 0 Å². The van der Waals surface area contributed by atoms with Gasteiger partial charge in [-0.1, -0.05) is 25.1 Å². The quantitative estimate of drug-likeness (QED) is 0.794. The normalized spacial score (nSPS) is 23.0. The van der Waals surface area contributed by atoms with Crippen molar-refractivity contribution >= 4 is 18.3 Å². The Bertz CT molecular complexity index is 892. The molecule has 1 fully saturated rings. The highest BCUT2D eigenvalue weighted by molar-refractivity contribution is 5.92. The van der Waals surface area contributed by atoms with Crippen molar-refractivity contribution in [2.75, 3.05) is 19.6 Å². The number of hydrogen-bond donors (Lipinski definition) is 2. The monoisotopic (exact) mass is 406 g/mol. The Morgan fingerprint density at radius 3 is 3.00 bits per heavy atom. The molecule has 4 heterocycles. The summed E-state index contributed by atoms with van der Waals surface area (Å²) in [7, 11) is 0. The van der Waals surface area contributed by atoms with Crippen LogP contribution in [0, 0.1) is 11.8 Å². The SMILES string of the molecule is CC(C)Cc1cc(C(=O)NC[C@H]2[C@@H]3CNC[C@@H](C3)c3cccc(=O)n32)no1.Cl. The topological polar surface area (TPSA) is 89.2 Å². The van der Waals surface area contributed by atoms with Crippen LogP contribution in [-0.4, -0.2) is 35.3 Å². The Morgan fingerprint density at radius 1 is 1.39 bits per heavy atom. The lowest BCUT2D eigenvalue weighted by atomic mass is 9.79. The highest BCUT2D eigenvalue weighted by Gasteiger charge is 2.37. The third kappa shape index (κ3) is 4.00. The summed E-state index contributed by atoms with van der Waals surface area (Å²) >= 11 is 0.